The fraction of sp³-hybridized carbons (Fsp3) is 0.182. The van der Waals surface area contributed by atoms with Gasteiger partial charge in [0.1, 0.15) is 5.75 Å². The van der Waals surface area contributed by atoms with E-state index in [1.807, 2.05) is 39.1 Å². The molecule has 2 aromatic carbocycles. The van der Waals surface area contributed by atoms with Crippen LogP contribution < -0.4 is 4.74 Å². The summed E-state index contributed by atoms with van der Waals surface area (Å²) in [5.41, 5.74) is 4.86. The third kappa shape index (κ3) is 3.78. The minimum absolute atomic E-state index is 0.0530. The Balaban J connectivity index is 0.000000169. The molecule has 0 aliphatic heterocycles. The molecule has 29 heavy (non-hydrogen) atoms. The van der Waals surface area contributed by atoms with E-state index in [2.05, 4.69) is 16.0 Å². The van der Waals surface area contributed by atoms with Crippen LogP contribution in [-0.4, -0.2) is 27.7 Å². The lowest BCUT2D eigenvalue weighted by Gasteiger charge is -2.08. The largest absolute Gasteiger partial charge is 0.492 e. The molecule has 2 heterocycles. The molecule has 6 nitrogen and oxygen atoms in total. The molecule has 0 saturated heterocycles. The highest BCUT2D eigenvalue weighted by molar-refractivity contribution is 6.38. The SMILES string of the molecule is CCOc1cc(C(=O)O)c(Cl)c2cc[nH]c12.Cc1c(C#N)cc(C)c2[nH]ccc12. The Morgan fingerprint density at radius 1 is 1.17 bits per heavy atom. The van der Waals surface area contributed by atoms with Crippen LogP contribution in [0.1, 0.15) is 34.0 Å². The number of nitrogens with one attached hydrogen (secondary N) is 2. The van der Waals surface area contributed by atoms with Crippen LogP contribution in [0.3, 0.4) is 0 Å². The van der Waals surface area contributed by atoms with Gasteiger partial charge in [-0.1, -0.05) is 11.6 Å². The predicted molar refractivity (Wildman–Crippen MR) is 114 cm³/mol. The Labute approximate surface area is 172 Å². The van der Waals surface area contributed by atoms with Gasteiger partial charge in [-0.2, -0.15) is 5.26 Å². The first-order valence-corrected chi connectivity index (χ1v) is 9.39. The number of aromatic nitrogens is 2. The maximum atomic E-state index is 11.0. The van der Waals surface area contributed by atoms with Gasteiger partial charge in [0, 0.05) is 28.7 Å². The predicted octanol–water partition coefficient (Wildman–Crippen LogP) is 5.57. The number of hydrogen-bond donors (Lipinski definition) is 3. The fourth-order valence-electron chi connectivity index (χ4n) is 3.26. The maximum Gasteiger partial charge on any atom is 0.337 e. The van der Waals surface area contributed by atoms with E-state index in [1.54, 1.807) is 12.3 Å². The Morgan fingerprint density at radius 2 is 1.83 bits per heavy atom. The summed E-state index contributed by atoms with van der Waals surface area (Å²) in [5, 5.41) is 19.9. The lowest BCUT2D eigenvalue weighted by molar-refractivity contribution is 0.0696. The summed E-state index contributed by atoms with van der Waals surface area (Å²) in [7, 11) is 0. The molecular weight excluding hydrogens is 390 g/mol. The Hall–Kier alpha value is -3.43. The van der Waals surface area contributed by atoms with Gasteiger partial charge in [-0.3, -0.25) is 0 Å². The number of H-pyrrole nitrogens is 2. The number of halogens is 1. The summed E-state index contributed by atoms with van der Waals surface area (Å²) in [6.07, 6.45) is 3.61. The molecule has 0 atom stereocenters. The van der Waals surface area contributed by atoms with Gasteiger partial charge in [0.05, 0.1) is 34.3 Å². The van der Waals surface area contributed by atoms with Crippen LogP contribution in [0.5, 0.6) is 5.75 Å². The molecule has 4 rings (SSSR count). The van der Waals surface area contributed by atoms with Crippen LogP contribution in [0.15, 0.2) is 36.7 Å². The monoisotopic (exact) mass is 409 g/mol. The number of benzene rings is 2. The van der Waals surface area contributed by atoms with Crippen molar-refractivity contribution in [1.82, 2.24) is 9.97 Å². The maximum absolute atomic E-state index is 11.0. The third-order valence-corrected chi connectivity index (χ3v) is 5.11. The van der Waals surface area contributed by atoms with Crippen molar-refractivity contribution in [3.05, 3.63) is 63.9 Å². The summed E-state index contributed by atoms with van der Waals surface area (Å²) >= 11 is 5.99. The van der Waals surface area contributed by atoms with Crippen LogP contribution in [-0.2, 0) is 0 Å². The van der Waals surface area contributed by atoms with Crippen molar-refractivity contribution in [2.24, 2.45) is 0 Å². The highest BCUT2D eigenvalue weighted by atomic mass is 35.5. The third-order valence-electron chi connectivity index (χ3n) is 4.70. The molecule has 0 aliphatic rings. The van der Waals surface area contributed by atoms with E-state index >= 15 is 0 Å². The summed E-state index contributed by atoms with van der Waals surface area (Å²) in [5.74, 6) is -0.557. The van der Waals surface area contributed by atoms with Crippen LogP contribution in [0.4, 0.5) is 0 Å². The van der Waals surface area contributed by atoms with Gasteiger partial charge in [0.2, 0.25) is 0 Å². The van der Waals surface area contributed by atoms with Crippen molar-refractivity contribution in [3.8, 4) is 11.8 Å². The first-order valence-electron chi connectivity index (χ1n) is 9.02. The van der Waals surface area contributed by atoms with E-state index < -0.39 is 5.97 Å². The molecule has 4 aromatic rings. The number of aromatic amines is 2. The second-order valence-corrected chi connectivity index (χ2v) is 6.86. The number of carbonyl (C=O) groups is 1. The summed E-state index contributed by atoms with van der Waals surface area (Å²) in [6.45, 7) is 6.30. The minimum Gasteiger partial charge on any atom is -0.492 e. The van der Waals surface area contributed by atoms with Crippen molar-refractivity contribution >= 4 is 39.4 Å². The van der Waals surface area contributed by atoms with E-state index in [9.17, 15) is 4.79 Å². The molecule has 0 amide bonds. The van der Waals surface area contributed by atoms with E-state index in [1.165, 1.54) is 6.07 Å². The van der Waals surface area contributed by atoms with Crippen LogP contribution in [0.25, 0.3) is 21.8 Å². The number of aryl methyl sites for hydroxylation is 2. The average molecular weight is 410 g/mol. The number of nitrogens with zero attached hydrogens (tertiary/aromatic N) is 1. The lowest BCUT2D eigenvalue weighted by Crippen LogP contribution is -2.00. The van der Waals surface area contributed by atoms with Crippen LogP contribution in [0, 0.1) is 25.2 Å². The number of carboxylic acids is 1. The number of ether oxygens (including phenoxy) is 1. The Kier molecular flexibility index (Phi) is 5.81. The van der Waals surface area contributed by atoms with E-state index in [4.69, 9.17) is 26.7 Å². The number of aromatic carboxylic acids is 1. The highest BCUT2D eigenvalue weighted by Gasteiger charge is 2.16. The molecule has 0 saturated carbocycles. The quantitative estimate of drug-likeness (QED) is 0.411. The summed E-state index contributed by atoms with van der Waals surface area (Å²) in [6, 6.07) is 9.31. The first-order chi connectivity index (χ1) is 13.9. The van der Waals surface area contributed by atoms with Gasteiger partial charge in [-0.05, 0) is 56.2 Å². The average Bonchev–Trinajstić information content (AvgIpc) is 3.37. The van der Waals surface area contributed by atoms with Crippen molar-refractivity contribution in [2.45, 2.75) is 20.8 Å². The molecule has 0 aliphatic carbocycles. The number of nitriles is 1. The van der Waals surface area contributed by atoms with Gasteiger partial charge >= 0.3 is 5.97 Å². The standard InChI is InChI=1S/C11H10ClNO3.C11H10N2/c1-2-16-8-5-7(11(14)15)9(12)6-3-4-13-10(6)8;1-7-5-9(6-12)8(2)10-3-4-13-11(7)10/h3-5,13H,2H2,1H3,(H,14,15);3-5,13H,1-2H3. The molecule has 7 heteroatoms. The highest BCUT2D eigenvalue weighted by Crippen LogP contribution is 2.34. The van der Waals surface area contributed by atoms with Gasteiger partial charge in [0.15, 0.2) is 0 Å². The number of rotatable bonds is 3. The number of hydrogen-bond acceptors (Lipinski definition) is 3. The zero-order chi connectivity index (χ0) is 21.1. The van der Waals surface area contributed by atoms with Gasteiger partial charge in [-0.15, -0.1) is 0 Å². The summed E-state index contributed by atoms with van der Waals surface area (Å²) in [4.78, 5) is 17.1. The zero-order valence-corrected chi connectivity index (χ0v) is 17.0. The normalized spacial score (nSPS) is 10.4. The number of carboxylic acid groups (broad SMARTS) is 1. The van der Waals surface area contributed by atoms with Gasteiger partial charge in [-0.25, -0.2) is 4.79 Å². The van der Waals surface area contributed by atoms with E-state index in [-0.39, 0.29) is 10.6 Å². The molecule has 0 bridgehead atoms. The second kappa shape index (κ2) is 8.29. The second-order valence-electron chi connectivity index (χ2n) is 6.48. The van der Waals surface area contributed by atoms with Crippen LogP contribution >= 0.6 is 11.6 Å². The molecule has 3 N–H and O–H groups in total. The topological polar surface area (TPSA) is 102 Å². The summed E-state index contributed by atoms with van der Waals surface area (Å²) < 4.78 is 5.37. The molecule has 0 fully saturated rings. The fourth-order valence-corrected chi connectivity index (χ4v) is 3.55. The van der Waals surface area contributed by atoms with Crippen molar-refractivity contribution < 1.29 is 14.6 Å². The zero-order valence-electron chi connectivity index (χ0n) is 16.3. The first kappa shape index (κ1) is 20.3. The number of fused-ring (bicyclic) bond motifs is 2. The van der Waals surface area contributed by atoms with Gasteiger partial charge in [0.25, 0.3) is 0 Å². The van der Waals surface area contributed by atoms with E-state index in [0.29, 0.717) is 17.7 Å². The lowest BCUT2D eigenvalue weighted by atomic mass is 10.0. The Morgan fingerprint density at radius 3 is 2.45 bits per heavy atom. The smallest absolute Gasteiger partial charge is 0.337 e. The van der Waals surface area contributed by atoms with Crippen LogP contribution in [0.2, 0.25) is 5.02 Å². The van der Waals surface area contributed by atoms with Crippen molar-refractivity contribution in [2.75, 3.05) is 6.61 Å². The van der Waals surface area contributed by atoms with Crippen molar-refractivity contribution in [3.63, 3.8) is 0 Å². The molecule has 0 radical (unpaired) electrons. The molecular formula is C22H20ClN3O3. The van der Waals surface area contributed by atoms with E-state index in [0.717, 1.165) is 33.1 Å². The van der Waals surface area contributed by atoms with Crippen molar-refractivity contribution in [1.29, 1.82) is 5.26 Å². The minimum atomic E-state index is -1.06. The Bertz CT molecular complexity index is 1250. The van der Waals surface area contributed by atoms with Gasteiger partial charge < -0.3 is 19.8 Å². The molecule has 0 unspecified atom stereocenters. The molecule has 148 valence electrons. The molecule has 2 aromatic heterocycles. The molecule has 0 spiro atoms.